The second-order valence-electron chi connectivity index (χ2n) is 8.39. The number of carbonyl (C=O) groups is 3. The average Bonchev–Trinajstić information content (AvgIpc) is 2.63. The van der Waals surface area contributed by atoms with E-state index in [0.29, 0.717) is 0 Å². The Morgan fingerprint density at radius 3 is 2.27 bits per heavy atom. The van der Waals surface area contributed by atoms with Crippen molar-refractivity contribution in [3.05, 3.63) is 23.8 Å². The van der Waals surface area contributed by atoms with Crippen LogP contribution in [-0.2, 0) is 14.3 Å². The highest BCUT2D eigenvalue weighted by Crippen LogP contribution is 2.29. The van der Waals surface area contributed by atoms with Crippen molar-refractivity contribution in [1.82, 2.24) is 10.2 Å². The molecule has 2 N–H and O–H groups in total. The van der Waals surface area contributed by atoms with Crippen molar-refractivity contribution >= 4 is 29.3 Å². The summed E-state index contributed by atoms with van der Waals surface area (Å²) in [4.78, 5) is 38.2. The average molecular weight is 424 g/mol. The molecule has 0 aromatic heterocycles. The summed E-state index contributed by atoms with van der Waals surface area (Å²) < 4.78 is 34.7. The number of carbonyl (C=O) groups excluding carboxylic acids is 3. The summed E-state index contributed by atoms with van der Waals surface area (Å²) in [6, 6.07) is 1.52. The second-order valence-corrected chi connectivity index (χ2v) is 8.39. The van der Waals surface area contributed by atoms with Crippen molar-refractivity contribution in [1.29, 1.82) is 0 Å². The van der Waals surface area contributed by atoms with Crippen LogP contribution in [-0.4, -0.2) is 60.6 Å². The maximum absolute atomic E-state index is 14.7. The molecule has 10 heteroatoms. The maximum Gasteiger partial charge on any atom is 0.410 e. The largest absolute Gasteiger partial charge is 0.444 e. The van der Waals surface area contributed by atoms with E-state index >= 15 is 0 Å². The van der Waals surface area contributed by atoms with Crippen LogP contribution in [0.5, 0.6) is 0 Å². The Morgan fingerprint density at radius 1 is 1.13 bits per heavy atom. The van der Waals surface area contributed by atoms with Crippen LogP contribution in [0.1, 0.15) is 33.6 Å². The van der Waals surface area contributed by atoms with Gasteiger partial charge in [-0.3, -0.25) is 14.9 Å². The first-order valence-corrected chi connectivity index (χ1v) is 9.85. The summed E-state index contributed by atoms with van der Waals surface area (Å²) in [5, 5.41) is 4.97. The molecule has 2 heterocycles. The standard InChI is InChI=1S/C20H26F2N4O4/c1-20(2,3)30-19(29)26-8-6-25(7-9-26)17-13(21)10-12(11-14(17)22)23-15-4-5-16(27)24-18(15)28/h10-11,15,23H,4-9H2,1-3H3,(H,24,27,28). The molecule has 1 aromatic carbocycles. The molecule has 1 atom stereocenters. The van der Waals surface area contributed by atoms with E-state index in [2.05, 4.69) is 10.6 Å². The molecule has 3 rings (SSSR count). The first kappa shape index (κ1) is 21.8. The highest BCUT2D eigenvalue weighted by molar-refractivity contribution is 6.01. The number of anilines is 2. The zero-order valence-corrected chi connectivity index (χ0v) is 17.3. The number of nitrogens with zero attached hydrogens (tertiary/aromatic N) is 2. The quantitative estimate of drug-likeness (QED) is 0.724. The molecule has 0 spiro atoms. The van der Waals surface area contributed by atoms with Gasteiger partial charge >= 0.3 is 6.09 Å². The normalized spacial score (nSPS) is 20.1. The van der Waals surface area contributed by atoms with E-state index in [1.165, 1.54) is 4.90 Å². The lowest BCUT2D eigenvalue weighted by Gasteiger charge is -2.37. The van der Waals surface area contributed by atoms with Crippen molar-refractivity contribution in [3.63, 3.8) is 0 Å². The molecule has 2 aliphatic rings. The molecule has 2 aliphatic heterocycles. The number of amides is 3. The number of halogens is 2. The molecule has 0 bridgehead atoms. The molecule has 1 unspecified atom stereocenters. The Labute approximate surface area is 173 Å². The molecular weight excluding hydrogens is 398 g/mol. The lowest BCUT2D eigenvalue weighted by atomic mass is 10.1. The number of ether oxygens (including phenoxy) is 1. The Hall–Kier alpha value is -2.91. The van der Waals surface area contributed by atoms with Crippen LogP contribution in [0.3, 0.4) is 0 Å². The molecule has 0 radical (unpaired) electrons. The lowest BCUT2D eigenvalue weighted by molar-refractivity contribution is -0.133. The number of rotatable bonds is 3. The number of hydrogen-bond acceptors (Lipinski definition) is 6. The summed E-state index contributed by atoms with van der Waals surface area (Å²) in [5.41, 5.74) is -0.666. The minimum atomic E-state index is -0.768. The van der Waals surface area contributed by atoms with Gasteiger partial charge in [-0.05, 0) is 39.3 Å². The fraction of sp³-hybridized carbons (Fsp3) is 0.550. The van der Waals surface area contributed by atoms with Crippen LogP contribution in [0.2, 0.25) is 0 Å². The summed E-state index contributed by atoms with van der Waals surface area (Å²) in [6.07, 6.45) is -0.0386. The predicted molar refractivity (Wildman–Crippen MR) is 106 cm³/mol. The molecule has 2 fully saturated rings. The van der Waals surface area contributed by atoms with Gasteiger partial charge in [0, 0.05) is 38.3 Å². The van der Waals surface area contributed by atoms with Gasteiger partial charge in [-0.1, -0.05) is 0 Å². The minimum absolute atomic E-state index is 0.121. The van der Waals surface area contributed by atoms with Gasteiger partial charge in [0.15, 0.2) is 11.6 Å². The van der Waals surface area contributed by atoms with E-state index in [0.717, 1.165) is 12.1 Å². The first-order valence-electron chi connectivity index (χ1n) is 9.85. The number of imide groups is 1. The highest BCUT2D eigenvalue weighted by Gasteiger charge is 2.30. The van der Waals surface area contributed by atoms with Crippen LogP contribution in [0.25, 0.3) is 0 Å². The summed E-state index contributed by atoms with van der Waals surface area (Å²) in [7, 11) is 0. The second kappa shape index (κ2) is 8.45. The molecule has 30 heavy (non-hydrogen) atoms. The van der Waals surface area contributed by atoms with Crippen LogP contribution in [0.4, 0.5) is 25.0 Å². The third-order valence-corrected chi connectivity index (χ3v) is 4.84. The number of piperidine rings is 1. The van der Waals surface area contributed by atoms with E-state index < -0.39 is 35.3 Å². The van der Waals surface area contributed by atoms with Gasteiger partial charge in [-0.2, -0.15) is 0 Å². The molecule has 3 amide bonds. The van der Waals surface area contributed by atoms with Crippen molar-refractivity contribution in [2.24, 2.45) is 0 Å². The molecule has 0 saturated carbocycles. The van der Waals surface area contributed by atoms with E-state index in [4.69, 9.17) is 4.74 Å². The number of benzene rings is 1. The smallest absolute Gasteiger partial charge is 0.410 e. The van der Waals surface area contributed by atoms with Crippen molar-refractivity contribution < 1.29 is 27.9 Å². The predicted octanol–water partition coefficient (Wildman–Crippen LogP) is 2.24. The maximum atomic E-state index is 14.7. The highest BCUT2D eigenvalue weighted by atomic mass is 19.1. The summed E-state index contributed by atoms with van der Waals surface area (Å²) in [6.45, 7) is 6.40. The fourth-order valence-corrected chi connectivity index (χ4v) is 3.42. The zero-order valence-electron chi connectivity index (χ0n) is 17.3. The van der Waals surface area contributed by atoms with Gasteiger partial charge in [-0.25, -0.2) is 13.6 Å². The van der Waals surface area contributed by atoms with Crippen molar-refractivity contribution in [2.75, 3.05) is 36.4 Å². The van der Waals surface area contributed by atoms with E-state index in [1.54, 1.807) is 25.7 Å². The Bertz CT molecular complexity index is 825. The zero-order chi connectivity index (χ0) is 22.1. The topological polar surface area (TPSA) is 91.0 Å². The molecular formula is C20H26F2N4O4. The third-order valence-electron chi connectivity index (χ3n) is 4.84. The van der Waals surface area contributed by atoms with Gasteiger partial charge in [-0.15, -0.1) is 0 Å². The number of hydrogen-bond donors (Lipinski definition) is 2. The van der Waals surface area contributed by atoms with Crippen molar-refractivity contribution in [3.8, 4) is 0 Å². The van der Waals surface area contributed by atoms with Crippen LogP contribution in [0, 0.1) is 11.6 Å². The van der Waals surface area contributed by atoms with Crippen LogP contribution < -0.4 is 15.5 Å². The molecule has 0 aliphatic carbocycles. The van der Waals surface area contributed by atoms with Gasteiger partial charge < -0.3 is 19.9 Å². The van der Waals surface area contributed by atoms with Gasteiger partial charge in [0.25, 0.3) is 0 Å². The van der Waals surface area contributed by atoms with Crippen LogP contribution >= 0.6 is 0 Å². The Kier molecular flexibility index (Phi) is 6.14. The molecule has 164 valence electrons. The van der Waals surface area contributed by atoms with Crippen molar-refractivity contribution in [2.45, 2.75) is 45.3 Å². The number of nitrogens with one attached hydrogen (secondary N) is 2. The SMILES string of the molecule is CC(C)(C)OC(=O)N1CCN(c2c(F)cc(NC3CCC(=O)NC3=O)cc2F)CC1. The Balaban J connectivity index is 1.64. The molecule has 8 nitrogen and oxygen atoms in total. The minimum Gasteiger partial charge on any atom is -0.444 e. The summed E-state index contributed by atoms with van der Waals surface area (Å²) in [5.74, 6) is -2.42. The first-order chi connectivity index (χ1) is 14.0. The number of piperazine rings is 1. The third kappa shape index (κ3) is 5.17. The monoisotopic (exact) mass is 424 g/mol. The fourth-order valence-electron chi connectivity index (χ4n) is 3.42. The van der Waals surface area contributed by atoms with E-state index in [-0.39, 0.29) is 56.3 Å². The van der Waals surface area contributed by atoms with Gasteiger partial charge in [0.2, 0.25) is 11.8 Å². The molecule has 2 saturated heterocycles. The van der Waals surface area contributed by atoms with Gasteiger partial charge in [0.1, 0.15) is 17.3 Å². The molecule has 1 aromatic rings. The van der Waals surface area contributed by atoms with Gasteiger partial charge in [0.05, 0.1) is 0 Å². The van der Waals surface area contributed by atoms with E-state index in [9.17, 15) is 23.2 Å². The van der Waals surface area contributed by atoms with Crippen LogP contribution in [0.15, 0.2) is 12.1 Å². The summed E-state index contributed by atoms with van der Waals surface area (Å²) >= 11 is 0. The Morgan fingerprint density at radius 2 is 1.73 bits per heavy atom. The lowest BCUT2D eigenvalue weighted by Crippen LogP contribution is -2.50. The van der Waals surface area contributed by atoms with E-state index in [1.807, 2.05) is 0 Å².